The van der Waals surface area contributed by atoms with Crippen molar-refractivity contribution in [2.24, 2.45) is 0 Å². The third-order valence-electron chi connectivity index (χ3n) is 5.83. The molecule has 0 aliphatic carbocycles. The Hall–Kier alpha value is -2.79. The smallest absolute Gasteiger partial charge is 0.347 e. The first-order valence-electron chi connectivity index (χ1n) is 9.84. The minimum atomic E-state index is -0.410. The van der Waals surface area contributed by atoms with E-state index in [1.165, 1.54) is 12.8 Å². The Morgan fingerprint density at radius 2 is 1.79 bits per heavy atom. The number of benzene rings is 2. The molecule has 3 heterocycles. The van der Waals surface area contributed by atoms with E-state index in [0.29, 0.717) is 29.0 Å². The minimum Gasteiger partial charge on any atom is -0.495 e. The van der Waals surface area contributed by atoms with Gasteiger partial charge in [-0.2, -0.15) is 0 Å². The van der Waals surface area contributed by atoms with Crippen molar-refractivity contribution < 1.29 is 13.9 Å². The van der Waals surface area contributed by atoms with Gasteiger partial charge in [0.05, 0.1) is 12.5 Å². The van der Waals surface area contributed by atoms with Gasteiger partial charge in [-0.05, 0) is 43.4 Å². The Morgan fingerprint density at radius 3 is 2.50 bits per heavy atom. The molecular weight excluding hydrogens is 354 g/mol. The van der Waals surface area contributed by atoms with Crippen LogP contribution in [-0.2, 0) is 0 Å². The van der Waals surface area contributed by atoms with Crippen LogP contribution in [-0.4, -0.2) is 25.3 Å². The lowest BCUT2D eigenvalue weighted by atomic mass is 10.0. The van der Waals surface area contributed by atoms with Gasteiger partial charge in [-0.15, -0.1) is 0 Å². The predicted molar refractivity (Wildman–Crippen MR) is 108 cm³/mol. The Morgan fingerprint density at radius 1 is 1.04 bits per heavy atom. The zero-order chi connectivity index (χ0) is 19.1. The fourth-order valence-electron chi connectivity index (χ4n) is 4.59. The second kappa shape index (κ2) is 6.99. The molecule has 2 saturated heterocycles. The van der Waals surface area contributed by atoms with Crippen molar-refractivity contribution in [3.05, 3.63) is 59.0 Å². The van der Waals surface area contributed by atoms with E-state index in [1.54, 1.807) is 13.2 Å². The number of hydrogen-bond donors (Lipinski definition) is 1. The third-order valence-corrected chi connectivity index (χ3v) is 5.83. The quantitative estimate of drug-likeness (QED) is 0.693. The third kappa shape index (κ3) is 3.06. The summed E-state index contributed by atoms with van der Waals surface area (Å²) in [5.74, 6) is 1.26. The van der Waals surface area contributed by atoms with Gasteiger partial charge < -0.3 is 19.2 Å². The molecule has 3 atom stereocenters. The molecule has 2 aliphatic heterocycles. The Labute approximate surface area is 163 Å². The molecule has 1 aromatic heterocycles. The summed E-state index contributed by atoms with van der Waals surface area (Å²) in [5.41, 5.74) is 1.29. The van der Waals surface area contributed by atoms with Gasteiger partial charge in [0.15, 0.2) is 0 Å². The van der Waals surface area contributed by atoms with Crippen LogP contribution in [0.4, 0.5) is 0 Å². The highest BCUT2D eigenvalue weighted by molar-refractivity contribution is 5.91. The summed E-state index contributed by atoms with van der Waals surface area (Å²) < 4.78 is 17.5. The molecule has 144 valence electrons. The largest absolute Gasteiger partial charge is 0.495 e. The van der Waals surface area contributed by atoms with Crippen LogP contribution >= 0.6 is 0 Å². The fourth-order valence-corrected chi connectivity index (χ4v) is 4.59. The molecule has 0 saturated carbocycles. The monoisotopic (exact) mass is 377 g/mol. The molecule has 5 heteroatoms. The number of rotatable bonds is 4. The van der Waals surface area contributed by atoms with Gasteiger partial charge in [-0.25, -0.2) is 4.79 Å². The lowest BCUT2D eigenvalue weighted by molar-refractivity contribution is 0.137. The summed E-state index contributed by atoms with van der Waals surface area (Å²) in [7, 11) is 1.58. The van der Waals surface area contributed by atoms with Crippen molar-refractivity contribution in [3.8, 4) is 22.6 Å². The van der Waals surface area contributed by atoms with Crippen LogP contribution in [0.25, 0.3) is 22.1 Å². The summed E-state index contributed by atoms with van der Waals surface area (Å²) in [4.78, 5) is 12.7. The van der Waals surface area contributed by atoms with Crippen LogP contribution in [0.1, 0.15) is 25.7 Å². The van der Waals surface area contributed by atoms with E-state index >= 15 is 0 Å². The maximum Gasteiger partial charge on any atom is 0.347 e. The molecule has 2 aliphatic rings. The van der Waals surface area contributed by atoms with E-state index in [-0.39, 0.29) is 6.10 Å². The molecule has 0 amide bonds. The van der Waals surface area contributed by atoms with Crippen molar-refractivity contribution in [3.63, 3.8) is 0 Å². The second-order valence-corrected chi connectivity index (χ2v) is 7.67. The van der Waals surface area contributed by atoms with Crippen molar-refractivity contribution in [1.82, 2.24) is 5.32 Å². The van der Waals surface area contributed by atoms with E-state index in [9.17, 15) is 4.79 Å². The molecule has 3 aromatic rings. The Balaban J connectivity index is 1.51. The normalized spacial score (nSPS) is 23.7. The van der Waals surface area contributed by atoms with Gasteiger partial charge in [0, 0.05) is 18.2 Å². The van der Waals surface area contributed by atoms with E-state index < -0.39 is 5.63 Å². The van der Waals surface area contributed by atoms with Crippen LogP contribution in [0.2, 0.25) is 0 Å². The average molecular weight is 377 g/mol. The highest BCUT2D eigenvalue weighted by Crippen LogP contribution is 2.36. The predicted octanol–water partition coefficient (Wildman–Crippen LogP) is 4.13. The van der Waals surface area contributed by atoms with Crippen LogP contribution in [0.3, 0.4) is 0 Å². The van der Waals surface area contributed by atoms with Gasteiger partial charge in [0.2, 0.25) is 0 Å². The molecule has 5 rings (SSSR count). The highest BCUT2D eigenvalue weighted by atomic mass is 16.5. The summed E-state index contributed by atoms with van der Waals surface area (Å²) in [6, 6.07) is 16.2. The van der Waals surface area contributed by atoms with Crippen molar-refractivity contribution in [2.75, 3.05) is 7.11 Å². The second-order valence-electron chi connectivity index (χ2n) is 7.67. The van der Waals surface area contributed by atoms with E-state index in [4.69, 9.17) is 13.9 Å². The van der Waals surface area contributed by atoms with Crippen LogP contribution < -0.4 is 20.4 Å². The SMILES string of the molecule is COc1c(-c2ccccc2)c(=O)oc2cc(O[C@@H]3C[C@H]4CC[C@@H](C3)N4)ccc12. The standard InChI is InChI=1S/C23H23NO4/c1-26-22-19-10-9-17(27-18-11-15-7-8-16(12-18)24-15)13-20(19)28-23(25)21(22)14-5-3-2-4-6-14/h2-6,9-10,13,15-16,18,24H,7-8,11-12H2,1H3/t15-,16+,18-. The van der Waals surface area contributed by atoms with E-state index in [1.807, 2.05) is 42.5 Å². The number of ether oxygens (including phenoxy) is 2. The number of hydrogen-bond acceptors (Lipinski definition) is 5. The van der Waals surface area contributed by atoms with Gasteiger partial charge in [-0.3, -0.25) is 0 Å². The molecule has 0 unspecified atom stereocenters. The molecule has 2 bridgehead atoms. The van der Waals surface area contributed by atoms with Crippen molar-refractivity contribution in [2.45, 2.75) is 43.9 Å². The molecule has 2 aromatic carbocycles. The maximum absolute atomic E-state index is 12.7. The van der Waals surface area contributed by atoms with Crippen molar-refractivity contribution in [1.29, 1.82) is 0 Å². The molecule has 28 heavy (non-hydrogen) atoms. The van der Waals surface area contributed by atoms with E-state index in [0.717, 1.165) is 29.5 Å². The molecule has 0 spiro atoms. The van der Waals surface area contributed by atoms with Crippen LogP contribution in [0.15, 0.2) is 57.7 Å². The zero-order valence-corrected chi connectivity index (χ0v) is 15.8. The molecule has 0 radical (unpaired) electrons. The maximum atomic E-state index is 12.7. The zero-order valence-electron chi connectivity index (χ0n) is 15.8. The van der Waals surface area contributed by atoms with Crippen LogP contribution in [0.5, 0.6) is 11.5 Å². The van der Waals surface area contributed by atoms with E-state index in [2.05, 4.69) is 5.32 Å². The number of methoxy groups -OCH3 is 1. The topological polar surface area (TPSA) is 60.7 Å². The number of nitrogens with one attached hydrogen (secondary N) is 1. The first kappa shape index (κ1) is 17.3. The average Bonchev–Trinajstić information content (AvgIpc) is 3.05. The first-order chi connectivity index (χ1) is 13.7. The van der Waals surface area contributed by atoms with Crippen LogP contribution in [0, 0.1) is 0 Å². The number of fused-ring (bicyclic) bond motifs is 3. The summed E-state index contributed by atoms with van der Waals surface area (Å²) >= 11 is 0. The van der Waals surface area contributed by atoms with Gasteiger partial charge in [0.1, 0.15) is 28.7 Å². The Bertz CT molecular complexity index is 1050. The van der Waals surface area contributed by atoms with Crippen molar-refractivity contribution >= 4 is 11.0 Å². The van der Waals surface area contributed by atoms with Gasteiger partial charge >= 0.3 is 5.63 Å². The molecular formula is C23H23NO4. The highest BCUT2D eigenvalue weighted by Gasteiger charge is 2.34. The minimum absolute atomic E-state index is 0.202. The summed E-state index contributed by atoms with van der Waals surface area (Å²) in [6.45, 7) is 0. The lowest BCUT2D eigenvalue weighted by Crippen LogP contribution is -2.42. The Kier molecular flexibility index (Phi) is 4.32. The molecule has 2 fully saturated rings. The lowest BCUT2D eigenvalue weighted by Gasteiger charge is -2.29. The summed E-state index contributed by atoms with van der Waals surface area (Å²) in [5, 5.41) is 4.39. The molecule has 1 N–H and O–H groups in total. The number of piperidine rings is 1. The molecule has 5 nitrogen and oxygen atoms in total. The van der Waals surface area contributed by atoms with Gasteiger partial charge in [-0.1, -0.05) is 30.3 Å². The fraction of sp³-hybridized carbons (Fsp3) is 0.348. The summed E-state index contributed by atoms with van der Waals surface area (Å²) in [6.07, 6.45) is 4.71. The van der Waals surface area contributed by atoms with Gasteiger partial charge in [0.25, 0.3) is 0 Å². The first-order valence-corrected chi connectivity index (χ1v) is 9.84.